The quantitative estimate of drug-likeness (QED) is 0.790. The van der Waals surface area contributed by atoms with Gasteiger partial charge >= 0.3 is 0 Å². The van der Waals surface area contributed by atoms with Crippen LogP contribution in [0.4, 0.5) is 4.39 Å². The van der Waals surface area contributed by atoms with Crippen LogP contribution in [-0.2, 0) is 4.74 Å². The fourth-order valence-electron chi connectivity index (χ4n) is 3.43. The Balaban J connectivity index is 1.81. The average Bonchev–Trinajstić information content (AvgIpc) is 3.13. The van der Waals surface area contributed by atoms with Crippen molar-refractivity contribution in [3.8, 4) is 11.3 Å². The normalized spacial score (nSPS) is 16.7. The molecule has 1 N–H and O–H groups in total. The molecule has 1 fully saturated rings. The third-order valence-corrected chi connectivity index (χ3v) is 4.62. The van der Waals surface area contributed by atoms with Crippen LogP contribution in [0.15, 0.2) is 60.8 Å². The van der Waals surface area contributed by atoms with E-state index in [4.69, 9.17) is 4.74 Å². The van der Waals surface area contributed by atoms with Gasteiger partial charge in [0.1, 0.15) is 11.5 Å². The first-order valence-corrected chi connectivity index (χ1v) is 8.50. The van der Waals surface area contributed by atoms with Gasteiger partial charge in [0, 0.05) is 30.4 Å². The van der Waals surface area contributed by atoms with Crippen molar-refractivity contribution in [1.82, 2.24) is 15.1 Å². The molecule has 0 bridgehead atoms. The Morgan fingerprint density at radius 3 is 2.48 bits per heavy atom. The second-order valence-electron chi connectivity index (χ2n) is 6.13. The van der Waals surface area contributed by atoms with Crippen LogP contribution in [-0.4, -0.2) is 41.4 Å². The Morgan fingerprint density at radius 1 is 1.00 bits per heavy atom. The van der Waals surface area contributed by atoms with E-state index in [1.54, 1.807) is 12.1 Å². The Kier molecular flexibility index (Phi) is 4.59. The number of nitrogens with one attached hydrogen (secondary N) is 1. The molecule has 0 aliphatic carbocycles. The van der Waals surface area contributed by atoms with Crippen molar-refractivity contribution < 1.29 is 9.13 Å². The number of aromatic nitrogens is 2. The standard InChI is InChI=1S/C20H20FN3O/c21-18-9-5-4-8-16(18)19-17(14-22-23-19)20(15-6-2-1-3-7-15)24-10-12-25-13-11-24/h1-9,14,20H,10-13H2,(H,22,23). The molecule has 5 heteroatoms. The molecule has 25 heavy (non-hydrogen) atoms. The van der Waals surface area contributed by atoms with Crippen molar-refractivity contribution in [2.75, 3.05) is 26.3 Å². The molecule has 0 spiro atoms. The first-order valence-electron chi connectivity index (χ1n) is 8.50. The number of benzene rings is 2. The van der Waals surface area contributed by atoms with Crippen LogP contribution in [0.3, 0.4) is 0 Å². The predicted molar refractivity (Wildman–Crippen MR) is 94.7 cm³/mol. The summed E-state index contributed by atoms with van der Waals surface area (Å²) in [5.74, 6) is -0.260. The number of halogens is 1. The molecule has 4 rings (SSSR count). The first kappa shape index (κ1) is 16.0. The van der Waals surface area contributed by atoms with E-state index in [1.165, 1.54) is 11.6 Å². The van der Waals surface area contributed by atoms with Crippen molar-refractivity contribution in [3.05, 3.63) is 77.7 Å². The average molecular weight is 337 g/mol. The third kappa shape index (κ3) is 3.21. The van der Waals surface area contributed by atoms with Crippen molar-refractivity contribution >= 4 is 0 Å². The van der Waals surface area contributed by atoms with E-state index in [2.05, 4.69) is 27.2 Å². The van der Waals surface area contributed by atoms with Crippen LogP contribution in [0.25, 0.3) is 11.3 Å². The Labute approximate surface area is 146 Å². The van der Waals surface area contributed by atoms with Crippen LogP contribution in [0.2, 0.25) is 0 Å². The van der Waals surface area contributed by atoms with E-state index < -0.39 is 0 Å². The van der Waals surface area contributed by atoms with Gasteiger partial charge in [-0.05, 0) is 17.7 Å². The molecule has 2 aromatic carbocycles. The molecular weight excluding hydrogens is 317 g/mol. The third-order valence-electron chi connectivity index (χ3n) is 4.62. The lowest BCUT2D eigenvalue weighted by molar-refractivity contribution is 0.0240. The summed E-state index contributed by atoms with van der Waals surface area (Å²) in [6.07, 6.45) is 1.88. The smallest absolute Gasteiger partial charge is 0.132 e. The predicted octanol–water partition coefficient (Wildman–Crippen LogP) is 3.64. The molecular formula is C20H20FN3O. The lowest BCUT2D eigenvalue weighted by Crippen LogP contribution is -2.39. The molecule has 1 atom stereocenters. The number of hydrogen-bond acceptors (Lipinski definition) is 3. The van der Waals surface area contributed by atoms with E-state index >= 15 is 0 Å². The van der Waals surface area contributed by atoms with Crippen molar-refractivity contribution in [2.45, 2.75) is 6.04 Å². The maximum Gasteiger partial charge on any atom is 0.132 e. The number of H-pyrrole nitrogens is 1. The van der Waals surface area contributed by atoms with Gasteiger partial charge in [-0.1, -0.05) is 42.5 Å². The molecule has 1 aliphatic heterocycles. The molecule has 0 radical (unpaired) electrons. The molecule has 2 heterocycles. The minimum absolute atomic E-state index is 0.0125. The highest BCUT2D eigenvalue weighted by atomic mass is 19.1. The Morgan fingerprint density at radius 2 is 1.72 bits per heavy atom. The number of morpholine rings is 1. The van der Waals surface area contributed by atoms with E-state index in [0.29, 0.717) is 24.5 Å². The van der Waals surface area contributed by atoms with E-state index in [9.17, 15) is 4.39 Å². The first-order chi connectivity index (χ1) is 12.3. The number of rotatable bonds is 4. The Bertz CT molecular complexity index is 828. The van der Waals surface area contributed by atoms with Crippen LogP contribution >= 0.6 is 0 Å². The summed E-state index contributed by atoms with van der Waals surface area (Å²) in [4.78, 5) is 2.37. The molecule has 4 nitrogen and oxygen atoms in total. The van der Waals surface area contributed by atoms with Gasteiger partial charge in [0.05, 0.1) is 19.3 Å². The second-order valence-corrected chi connectivity index (χ2v) is 6.13. The SMILES string of the molecule is Fc1ccccc1-c1n[nH]cc1C(c1ccccc1)N1CCOCC1. The summed E-state index contributed by atoms with van der Waals surface area (Å²) in [6.45, 7) is 3.08. The zero-order valence-corrected chi connectivity index (χ0v) is 13.9. The van der Waals surface area contributed by atoms with Crippen molar-refractivity contribution in [1.29, 1.82) is 0 Å². The highest BCUT2D eigenvalue weighted by molar-refractivity contribution is 5.65. The van der Waals surface area contributed by atoms with Gasteiger partial charge in [0.25, 0.3) is 0 Å². The summed E-state index contributed by atoms with van der Waals surface area (Å²) < 4.78 is 19.9. The number of nitrogens with zero attached hydrogens (tertiary/aromatic N) is 2. The molecule has 128 valence electrons. The van der Waals surface area contributed by atoms with Crippen molar-refractivity contribution in [3.63, 3.8) is 0 Å². The number of aromatic amines is 1. The van der Waals surface area contributed by atoms with Crippen LogP contribution in [0, 0.1) is 5.82 Å². The van der Waals surface area contributed by atoms with Gasteiger partial charge in [-0.25, -0.2) is 4.39 Å². The van der Waals surface area contributed by atoms with Gasteiger partial charge < -0.3 is 4.74 Å². The number of ether oxygens (including phenoxy) is 1. The molecule has 0 saturated carbocycles. The molecule has 0 amide bonds. The summed E-state index contributed by atoms with van der Waals surface area (Å²) in [7, 11) is 0. The van der Waals surface area contributed by atoms with Gasteiger partial charge in [-0.3, -0.25) is 10.00 Å². The van der Waals surface area contributed by atoms with Gasteiger partial charge in [0.15, 0.2) is 0 Å². The monoisotopic (exact) mass is 337 g/mol. The zero-order chi connectivity index (χ0) is 17.1. The van der Waals surface area contributed by atoms with E-state index in [-0.39, 0.29) is 11.9 Å². The van der Waals surface area contributed by atoms with Crippen LogP contribution in [0.5, 0.6) is 0 Å². The molecule has 1 unspecified atom stereocenters. The highest BCUT2D eigenvalue weighted by Crippen LogP contribution is 2.35. The lowest BCUT2D eigenvalue weighted by atomic mass is 9.94. The maximum absolute atomic E-state index is 14.4. The van der Waals surface area contributed by atoms with Crippen molar-refractivity contribution in [2.24, 2.45) is 0 Å². The summed E-state index contributed by atoms with van der Waals surface area (Å²) >= 11 is 0. The lowest BCUT2D eigenvalue weighted by Gasteiger charge is -2.35. The fourth-order valence-corrected chi connectivity index (χ4v) is 3.43. The Hall–Kier alpha value is -2.50. The van der Waals surface area contributed by atoms with Gasteiger partial charge in [-0.15, -0.1) is 0 Å². The zero-order valence-electron chi connectivity index (χ0n) is 13.9. The summed E-state index contributed by atoms with van der Waals surface area (Å²) in [5, 5.41) is 7.30. The van der Waals surface area contributed by atoms with Crippen LogP contribution in [0.1, 0.15) is 17.2 Å². The largest absolute Gasteiger partial charge is 0.379 e. The molecule has 3 aromatic rings. The topological polar surface area (TPSA) is 41.2 Å². The molecule has 1 saturated heterocycles. The van der Waals surface area contributed by atoms with E-state index in [1.807, 2.05) is 30.5 Å². The van der Waals surface area contributed by atoms with E-state index in [0.717, 1.165) is 18.7 Å². The highest BCUT2D eigenvalue weighted by Gasteiger charge is 2.28. The van der Waals surface area contributed by atoms with Crippen LogP contribution < -0.4 is 0 Å². The minimum atomic E-state index is -0.260. The molecule has 1 aliphatic rings. The molecule has 1 aromatic heterocycles. The maximum atomic E-state index is 14.4. The summed E-state index contributed by atoms with van der Waals surface area (Å²) in [6, 6.07) is 17.1. The number of hydrogen-bond donors (Lipinski definition) is 1. The van der Waals surface area contributed by atoms with Gasteiger partial charge in [-0.2, -0.15) is 5.10 Å². The summed E-state index contributed by atoms with van der Waals surface area (Å²) in [5.41, 5.74) is 3.34. The van der Waals surface area contributed by atoms with Gasteiger partial charge in [0.2, 0.25) is 0 Å². The fraction of sp³-hybridized carbons (Fsp3) is 0.250. The minimum Gasteiger partial charge on any atom is -0.379 e. The second kappa shape index (κ2) is 7.17.